The zero-order valence-electron chi connectivity index (χ0n) is 17.2. The van der Waals surface area contributed by atoms with Crippen LogP contribution in [0, 0.1) is 6.92 Å². The minimum absolute atomic E-state index is 0.157. The number of rotatable bonds is 6. The number of nitrogens with one attached hydrogen (secondary N) is 1. The van der Waals surface area contributed by atoms with E-state index in [0.717, 1.165) is 33.3 Å². The summed E-state index contributed by atoms with van der Waals surface area (Å²) in [5.74, 6) is -0.501. The molecular formula is C24H24N2O4. The van der Waals surface area contributed by atoms with Gasteiger partial charge in [-0.3, -0.25) is 9.59 Å². The molecule has 154 valence electrons. The van der Waals surface area contributed by atoms with Gasteiger partial charge >= 0.3 is 0 Å². The predicted molar refractivity (Wildman–Crippen MR) is 115 cm³/mol. The van der Waals surface area contributed by atoms with Gasteiger partial charge in [0.1, 0.15) is 5.75 Å². The molecule has 2 aromatic carbocycles. The lowest BCUT2D eigenvalue weighted by molar-refractivity contribution is -0.129. The second-order valence-electron chi connectivity index (χ2n) is 7.61. The van der Waals surface area contributed by atoms with Crippen LogP contribution in [-0.4, -0.2) is 40.3 Å². The van der Waals surface area contributed by atoms with Crippen LogP contribution in [0.4, 0.5) is 0 Å². The number of benzene rings is 2. The van der Waals surface area contributed by atoms with E-state index in [9.17, 15) is 14.7 Å². The predicted octanol–water partition coefficient (Wildman–Crippen LogP) is 4.01. The second kappa shape index (κ2) is 7.71. The molecule has 2 heterocycles. The lowest BCUT2D eigenvalue weighted by Crippen LogP contribution is -2.32. The first-order valence-corrected chi connectivity index (χ1v) is 9.86. The van der Waals surface area contributed by atoms with Crippen molar-refractivity contribution in [2.24, 2.45) is 0 Å². The van der Waals surface area contributed by atoms with Gasteiger partial charge in [0.15, 0.2) is 11.5 Å². The summed E-state index contributed by atoms with van der Waals surface area (Å²) in [7, 11) is 1.63. The Labute approximate surface area is 174 Å². The van der Waals surface area contributed by atoms with Crippen molar-refractivity contribution in [2.75, 3.05) is 13.7 Å². The van der Waals surface area contributed by atoms with Crippen LogP contribution in [0.15, 0.2) is 60.0 Å². The van der Waals surface area contributed by atoms with E-state index in [2.05, 4.69) is 4.98 Å². The van der Waals surface area contributed by atoms with Crippen LogP contribution < -0.4 is 4.74 Å². The summed E-state index contributed by atoms with van der Waals surface area (Å²) in [5.41, 5.74) is 4.07. The highest BCUT2D eigenvalue weighted by atomic mass is 16.5. The molecule has 0 fully saturated rings. The SMILES string of the molecule is COc1ccc2[nH]cc(CCN3C(=O)C(O)=C(C(C)=O)C3c3ccc(C)cc3)c2c1. The zero-order valence-corrected chi connectivity index (χ0v) is 17.2. The Morgan fingerprint density at radius 3 is 2.60 bits per heavy atom. The van der Waals surface area contributed by atoms with Crippen LogP contribution in [0.3, 0.4) is 0 Å². The number of amides is 1. The van der Waals surface area contributed by atoms with Crippen molar-refractivity contribution in [3.8, 4) is 5.75 Å². The molecule has 6 nitrogen and oxygen atoms in total. The Morgan fingerprint density at radius 1 is 1.20 bits per heavy atom. The Morgan fingerprint density at radius 2 is 1.93 bits per heavy atom. The number of carbonyl (C=O) groups is 2. The Kier molecular flexibility index (Phi) is 5.08. The normalized spacial score (nSPS) is 16.6. The van der Waals surface area contributed by atoms with Gasteiger partial charge in [0.2, 0.25) is 0 Å². The molecule has 1 unspecified atom stereocenters. The molecule has 0 saturated carbocycles. The van der Waals surface area contributed by atoms with E-state index in [-0.39, 0.29) is 11.4 Å². The maximum Gasteiger partial charge on any atom is 0.290 e. The third-order valence-electron chi connectivity index (χ3n) is 5.67. The summed E-state index contributed by atoms with van der Waals surface area (Å²) in [4.78, 5) is 29.9. The first-order chi connectivity index (χ1) is 14.4. The second-order valence-corrected chi connectivity index (χ2v) is 7.61. The standard InChI is InChI=1S/C24H24N2O4/c1-14-4-6-16(7-5-14)22-21(15(2)27)23(28)24(29)26(22)11-10-17-13-25-20-9-8-18(30-3)12-19(17)20/h4-9,12-13,22,25,28H,10-11H2,1-3H3. The minimum Gasteiger partial charge on any atom is -0.503 e. The molecule has 4 rings (SSSR count). The molecule has 0 bridgehead atoms. The van der Waals surface area contributed by atoms with Gasteiger partial charge in [-0.1, -0.05) is 29.8 Å². The smallest absolute Gasteiger partial charge is 0.290 e. The number of H-pyrrole nitrogens is 1. The molecule has 2 N–H and O–H groups in total. The molecule has 0 aliphatic carbocycles. The number of ether oxygens (including phenoxy) is 1. The number of hydrogen-bond donors (Lipinski definition) is 2. The molecule has 1 amide bonds. The Bertz CT molecular complexity index is 1160. The van der Waals surface area contributed by atoms with Crippen LogP contribution in [0.25, 0.3) is 10.9 Å². The molecule has 0 saturated heterocycles. The van der Waals surface area contributed by atoms with Gasteiger partial charge in [-0.2, -0.15) is 0 Å². The highest BCUT2D eigenvalue weighted by Crippen LogP contribution is 2.38. The van der Waals surface area contributed by atoms with Crippen LogP contribution in [0.2, 0.25) is 0 Å². The van der Waals surface area contributed by atoms with Crippen LogP contribution in [0.1, 0.15) is 29.7 Å². The monoisotopic (exact) mass is 404 g/mol. The van der Waals surface area contributed by atoms with Crippen LogP contribution in [0.5, 0.6) is 5.75 Å². The maximum atomic E-state index is 12.8. The number of nitrogens with zero attached hydrogens (tertiary/aromatic N) is 1. The number of aromatic nitrogens is 1. The number of Topliss-reactive ketones (excluding diaryl/α,β-unsaturated/α-hetero) is 1. The summed E-state index contributed by atoms with van der Waals surface area (Å²) in [5, 5.41) is 11.5. The van der Waals surface area contributed by atoms with Crippen molar-refractivity contribution in [3.05, 3.63) is 76.7 Å². The highest BCUT2D eigenvalue weighted by molar-refractivity contribution is 6.08. The number of hydrogen-bond acceptors (Lipinski definition) is 4. The van der Waals surface area contributed by atoms with E-state index in [0.29, 0.717) is 13.0 Å². The van der Waals surface area contributed by atoms with Gasteiger partial charge in [0.25, 0.3) is 5.91 Å². The molecule has 30 heavy (non-hydrogen) atoms. The lowest BCUT2D eigenvalue weighted by atomic mass is 9.96. The number of aryl methyl sites for hydroxylation is 1. The van der Waals surface area contributed by atoms with Crippen molar-refractivity contribution >= 4 is 22.6 Å². The van der Waals surface area contributed by atoms with E-state index in [1.807, 2.05) is 55.6 Å². The van der Waals surface area contributed by atoms with E-state index in [4.69, 9.17) is 4.74 Å². The van der Waals surface area contributed by atoms with E-state index in [1.54, 1.807) is 12.0 Å². The van der Waals surface area contributed by atoms with Gasteiger partial charge in [0, 0.05) is 23.6 Å². The molecular weight excluding hydrogens is 380 g/mol. The lowest BCUT2D eigenvalue weighted by Gasteiger charge is -2.26. The van der Waals surface area contributed by atoms with Gasteiger partial charge < -0.3 is 19.7 Å². The third kappa shape index (κ3) is 3.34. The topological polar surface area (TPSA) is 82.6 Å². The number of fused-ring (bicyclic) bond motifs is 1. The number of aliphatic hydroxyl groups excluding tert-OH is 1. The number of aromatic amines is 1. The molecule has 1 atom stereocenters. The zero-order chi connectivity index (χ0) is 21.4. The summed E-state index contributed by atoms with van der Waals surface area (Å²) >= 11 is 0. The molecule has 6 heteroatoms. The van der Waals surface area contributed by atoms with Crippen molar-refractivity contribution in [2.45, 2.75) is 26.3 Å². The molecule has 0 radical (unpaired) electrons. The van der Waals surface area contributed by atoms with E-state index >= 15 is 0 Å². The number of ketones is 1. The van der Waals surface area contributed by atoms with Gasteiger partial charge in [-0.05, 0) is 49.6 Å². The molecule has 1 aromatic heterocycles. The highest BCUT2D eigenvalue weighted by Gasteiger charge is 2.42. The van der Waals surface area contributed by atoms with Crippen molar-refractivity contribution in [1.29, 1.82) is 0 Å². The average molecular weight is 404 g/mol. The fourth-order valence-corrected chi connectivity index (χ4v) is 4.07. The van der Waals surface area contributed by atoms with Gasteiger partial charge in [-0.15, -0.1) is 0 Å². The van der Waals surface area contributed by atoms with Crippen molar-refractivity contribution in [3.63, 3.8) is 0 Å². The van der Waals surface area contributed by atoms with Gasteiger partial charge in [0.05, 0.1) is 18.7 Å². The average Bonchev–Trinajstić information content (AvgIpc) is 3.25. The molecule has 1 aliphatic heterocycles. The summed E-state index contributed by atoms with van der Waals surface area (Å²) in [6.07, 6.45) is 2.49. The first-order valence-electron chi connectivity index (χ1n) is 9.86. The number of methoxy groups -OCH3 is 1. The Hall–Kier alpha value is -3.54. The summed E-state index contributed by atoms with van der Waals surface area (Å²) < 4.78 is 5.33. The van der Waals surface area contributed by atoms with Crippen LogP contribution in [-0.2, 0) is 16.0 Å². The molecule has 1 aliphatic rings. The van der Waals surface area contributed by atoms with E-state index in [1.165, 1.54) is 6.92 Å². The first kappa shape index (κ1) is 19.8. The molecule has 0 spiro atoms. The fraction of sp³-hybridized carbons (Fsp3) is 0.250. The molecule has 3 aromatic rings. The number of aliphatic hydroxyl groups is 1. The van der Waals surface area contributed by atoms with Crippen molar-refractivity contribution in [1.82, 2.24) is 9.88 Å². The van der Waals surface area contributed by atoms with Gasteiger partial charge in [-0.25, -0.2) is 0 Å². The Balaban J connectivity index is 1.66. The fourth-order valence-electron chi connectivity index (χ4n) is 4.07. The minimum atomic E-state index is -0.588. The summed E-state index contributed by atoms with van der Waals surface area (Å²) in [6, 6.07) is 12.9. The largest absolute Gasteiger partial charge is 0.503 e. The van der Waals surface area contributed by atoms with Crippen molar-refractivity contribution < 1.29 is 19.4 Å². The number of carbonyl (C=O) groups excluding carboxylic acids is 2. The third-order valence-corrected chi connectivity index (χ3v) is 5.67. The quantitative estimate of drug-likeness (QED) is 0.650. The maximum absolute atomic E-state index is 12.8. The van der Waals surface area contributed by atoms with Crippen LogP contribution >= 0.6 is 0 Å². The summed E-state index contributed by atoms with van der Waals surface area (Å²) in [6.45, 7) is 3.73. The van der Waals surface area contributed by atoms with E-state index < -0.39 is 17.7 Å².